The van der Waals surface area contributed by atoms with Gasteiger partial charge in [-0.25, -0.2) is 0 Å². The van der Waals surface area contributed by atoms with Crippen LogP contribution >= 0.6 is 0 Å². The molecule has 0 bridgehead atoms. The quantitative estimate of drug-likeness (QED) is 0.629. The number of carbonyl (C=O) groups is 2. The summed E-state index contributed by atoms with van der Waals surface area (Å²) in [6.07, 6.45) is 3.52. The lowest BCUT2D eigenvalue weighted by molar-refractivity contribution is -0.134. The second kappa shape index (κ2) is 5.82. The molecule has 3 rings (SSSR count). The van der Waals surface area contributed by atoms with Gasteiger partial charge >= 0.3 is 0 Å². The maximum absolute atomic E-state index is 12.3. The number of likely N-dealkylation sites (N-methyl/N-ethyl adjacent to an activating group) is 1. The molecule has 0 aromatic heterocycles. The van der Waals surface area contributed by atoms with Crippen LogP contribution in [-0.2, 0) is 9.59 Å². The molecule has 2 amide bonds. The normalized spacial score (nSPS) is 18.5. The fourth-order valence-electron chi connectivity index (χ4n) is 2.39. The van der Waals surface area contributed by atoms with Gasteiger partial charge in [0.1, 0.15) is 0 Å². The predicted octanol–water partition coefficient (Wildman–Crippen LogP) is 3.15. The Hall–Kier alpha value is -2.94. The van der Waals surface area contributed by atoms with Crippen LogP contribution in [0, 0.1) is 0 Å². The molecular weight excluding hydrogens is 274 g/mol. The molecule has 2 aromatic carbocycles. The van der Waals surface area contributed by atoms with E-state index in [0.29, 0.717) is 11.1 Å². The first-order chi connectivity index (χ1) is 10.7. The molecule has 1 fully saturated rings. The number of hydrogen-bond donors (Lipinski definition) is 0. The third-order valence-corrected chi connectivity index (χ3v) is 3.58. The van der Waals surface area contributed by atoms with Crippen LogP contribution in [0.25, 0.3) is 12.2 Å². The van der Waals surface area contributed by atoms with E-state index in [0.717, 1.165) is 16.0 Å². The lowest BCUT2D eigenvalue weighted by Gasteiger charge is -2.01. The molecule has 0 unspecified atom stereocenters. The molecule has 0 atom stereocenters. The van der Waals surface area contributed by atoms with E-state index < -0.39 is 0 Å². The summed E-state index contributed by atoms with van der Waals surface area (Å²) < 4.78 is 0. The van der Waals surface area contributed by atoms with E-state index in [1.165, 1.54) is 7.05 Å². The number of nitrogens with zero attached hydrogens (tertiary/aromatic N) is 1. The van der Waals surface area contributed by atoms with E-state index >= 15 is 0 Å². The van der Waals surface area contributed by atoms with E-state index in [-0.39, 0.29) is 11.8 Å². The molecule has 1 aliphatic heterocycles. The number of amides is 2. The van der Waals surface area contributed by atoms with Crippen LogP contribution in [0.15, 0.2) is 71.8 Å². The van der Waals surface area contributed by atoms with Gasteiger partial charge in [-0.3, -0.25) is 14.5 Å². The Bertz CT molecular complexity index is 706. The van der Waals surface area contributed by atoms with Crippen molar-refractivity contribution in [2.24, 2.45) is 0 Å². The van der Waals surface area contributed by atoms with E-state index in [1.807, 2.05) is 60.7 Å². The first-order valence-electron chi connectivity index (χ1n) is 7.03. The Labute approximate surface area is 129 Å². The van der Waals surface area contributed by atoms with Gasteiger partial charge in [0.05, 0.1) is 11.1 Å². The number of imide groups is 1. The summed E-state index contributed by atoms with van der Waals surface area (Å²) in [4.78, 5) is 25.8. The molecule has 0 spiro atoms. The van der Waals surface area contributed by atoms with Gasteiger partial charge in [0.2, 0.25) is 0 Å². The lowest BCUT2D eigenvalue weighted by Crippen LogP contribution is -2.24. The highest BCUT2D eigenvalue weighted by Gasteiger charge is 2.35. The highest BCUT2D eigenvalue weighted by molar-refractivity contribution is 6.27. The maximum atomic E-state index is 12.3. The van der Waals surface area contributed by atoms with Crippen molar-refractivity contribution in [3.05, 3.63) is 82.9 Å². The molecular formula is C19H15NO2. The van der Waals surface area contributed by atoms with Crippen LogP contribution in [-0.4, -0.2) is 23.8 Å². The van der Waals surface area contributed by atoms with Crippen LogP contribution in [0.5, 0.6) is 0 Å². The SMILES string of the molecule is CN1C(=O)C(=C/c2ccccc2)/C(=C\c2ccccc2)C1=O. The maximum Gasteiger partial charge on any atom is 0.261 e. The van der Waals surface area contributed by atoms with Crippen LogP contribution in [0.1, 0.15) is 11.1 Å². The summed E-state index contributed by atoms with van der Waals surface area (Å²) in [5.74, 6) is -0.535. The van der Waals surface area contributed by atoms with Crippen LogP contribution in [0.4, 0.5) is 0 Å². The van der Waals surface area contributed by atoms with Crippen molar-refractivity contribution in [3.8, 4) is 0 Å². The molecule has 108 valence electrons. The summed E-state index contributed by atoms with van der Waals surface area (Å²) in [5, 5.41) is 0. The molecule has 0 aliphatic carbocycles. The predicted molar refractivity (Wildman–Crippen MR) is 86.6 cm³/mol. The fraction of sp³-hybridized carbons (Fsp3) is 0.0526. The first kappa shape index (κ1) is 14.0. The largest absolute Gasteiger partial charge is 0.277 e. The summed E-state index contributed by atoms with van der Waals surface area (Å²) >= 11 is 0. The van der Waals surface area contributed by atoms with Crippen molar-refractivity contribution in [2.75, 3.05) is 7.05 Å². The van der Waals surface area contributed by atoms with Crippen molar-refractivity contribution in [1.82, 2.24) is 4.90 Å². The topological polar surface area (TPSA) is 37.4 Å². The number of hydrogen-bond acceptors (Lipinski definition) is 2. The van der Waals surface area contributed by atoms with E-state index in [4.69, 9.17) is 0 Å². The van der Waals surface area contributed by atoms with Gasteiger partial charge in [-0.05, 0) is 23.3 Å². The second-order valence-electron chi connectivity index (χ2n) is 5.11. The smallest absolute Gasteiger partial charge is 0.261 e. The average molecular weight is 289 g/mol. The Morgan fingerprint density at radius 1 is 0.682 bits per heavy atom. The molecule has 3 heteroatoms. The second-order valence-corrected chi connectivity index (χ2v) is 5.11. The molecule has 3 nitrogen and oxygen atoms in total. The Morgan fingerprint density at radius 2 is 1.05 bits per heavy atom. The van der Waals surface area contributed by atoms with Crippen molar-refractivity contribution in [1.29, 1.82) is 0 Å². The molecule has 2 aromatic rings. The standard InChI is InChI=1S/C19H15NO2/c1-20-18(21)16(12-14-8-4-2-5-9-14)17(19(20)22)13-15-10-6-3-7-11-15/h2-13H,1H3/b16-12+,17-13+. The van der Waals surface area contributed by atoms with Crippen LogP contribution < -0.4 is 0 Å². The Kier molecular flexibility index (Phi) is 3.71. The number of rotatable bonds is 2. The number of benzene rings is 2. The zero-order chi connectivity index (χ0) is 15.5. The van der Waals surface area contributed by atoms with Gasteiger partial charge in [0, 0.05) is 7.05 Å². The molecule has 1 saturated heterocycles. The van der Waals surface area contributed by atoms with Gasteiger partial charge in [-0.2, -0.15) is 0 Å². The van der Waals surface area contributed by atoms with Gasteiger partial charge in [-0.1, -0.05) is 60.7 Å². The molecule has 1 heterocycles. The van der Waals surface area contributed by atoms with Gasteiger partial charge in [0.25, 0.3) is 11.8 Å². The minimum atomic E-state index is -0.268. The molecule has 22 heavy (non-hydrogen) atoms. The highest BCUT2D eigenvalue weighted by Crippen LogP contribution is 2.27. The van der Waals surface area contributed by atoms with Crippen molar-refractivity contribution >= 4 is 24.0 Å². The summed E-state index contributed by atoms with van der Waals surface area (Å²) in [6.45, 7) is 0. The van der Waals surface area contributed by atoms with E-state index in [1.54, 1.807) is 12.2 Å². The fourth-order valence-corrected chi connectivity index (χ4v) is 2.39. The average Bonchev–Trinajstić information content (AvgIpc) is 2.75. The lowest BCUT2D eigenvalue weighted by atomic mass is 10.0. The minimum Gasteiger partial charge on any atom is -0.277 e. The molecule has 0 radical (unpaired) electrons. The first-order valence-corrected chi connectivity index (χ1v) is 7.03. The Balaban J connectivity index is 2.09. The van der Waals surface area contributed by atoms with E-state index in [2.05, 4.69) is 0 Å². The zero-order valence-corrected chi connectivity index (χ0v) is 12.2. The van der Waals surface area contributed by atoms with Crippen LogP contribution in [0.2, 0.25) is 0 Å². The van der Waals surface area contributed by atoms with Crippen molar-refractivity contribution in [2.45, 2.75) is 0 Å². The van der Waals surface area contributed by atoms with Crippen LogP contribution in [0.3, 0.4) is 0 Å². The summed E-state index contributed by atoms with van der Waals surface area (Å²) in [5.41, 5.74) is 2.66. The monoisotopic (exact) mass is 289 g/mol. The minimum absolute atomic E-state index is 0.268. The zero-order valence-electron chi connectivity index (χ0n) is 12.2. The van der Waals surface area contributed by atoms with Crippen molar-refractivity contribution in [3.63, 3.8) is 0 Å². The summed E-state index contributed by atoms with van der Waals surface area (Å²) in [6, 6.07) is 19.1. The van der Waals surface area contributed by atoms with Crippen molar-refractivity contribution < 1.29 is 9.59 Å². The van der Waals surface area contributed by atoms with E-state index in [9.17, 15) is 9.59 Å². The third-order valence-electron chi connectivity index (χ3n) is 3.58. The molecule has 0 saturated carbocycles. The molecule has 0 N–H and O–H groups in total. The summed E-state index contributed by atoms with van der Waals surface area (Å²) in [7, 11) is 1.51. The van der Waals surface area contributed by atoms with Gasteiger partial charge in [0.15, 0.2) is 0 Å². The van der Waals surface area contributed by atoms with Gasteiger partial charge < -0.3 is 0 Å². The number of likely N-dealkylation sites (tertiary alicyclic amines) is 1. The highest BCUT2D eigenvalue weighted by atomic mass is 16.2. The molecule has 1 aliphatic rings. The number of carbonyl (C=O) groups excluding carboxylic acids is 2. The third kappa shape index (κ3) is 2.61. The van der Waals surface area contributed by atoms with Gasteiger partial charge in [-0.15, -0.1) is 0 Å². The Morgan fingerprint density at radius 3 is 1.41 bits per heavy atom.